The van der Waals surface area contributed by atoms with E-state index in [1.54, 1.807) is 0 Å². The number of aliphatic hydroxyl groups is 1. The maximum absolute atomic E-state index is 10.4. The van der Waals surface area contributed by atoms with Gasteiger partial charge in [0.05, 0.1) is 12.7 Å². The lowest BCUT2D eigenvalue weighted by Crippen LogP contribution is -2.62. The molecule has 1 fully saturated rings. The van der Waals surface area contributed by atoms with Crippen molar-refractivity contribution in [1.29, 1.82) is 0 Å². The monoisotopic (exact) mass is 529 g/mol. The molecule has 9 nitrogen and oxygen atoms in total. The number of ether oxygens (including phenoxy) is 2. The minimum atomic E-state index is -0.298. The van der Waals surface area contributed by atoms with Crippen LogP contribution in [0.15, 0.2) is 12.1 Å². The number of likely N-dealkylation sites (tertiary alicyclic amines) is 1. The van der Waals surface area contributed by atoms with Crippen molar-refractivity contribution in [3.8, 4) is 17.8 Å². The number of piperidine rings is 1. The van der Waals surface area contributed by atoms with Gasteiger partial charge < -0.3 is 25.0 Å². The van der Waals surface area contributed by atoms with E-state index in [4.69, 9.17) is 9.47 Å². The smallest absolute Gasteiger partial charge is 0.324 e. The fourth-order valence-electron chi connectivity index (χ4n) is 5.69. The van der Waals surface area contributed by atoms with Gasteiger partial charge in [0, 0.05) is 24.2 Å². The Morgan fingerprint density at radius 1 is 1.03 bits per heavy atom. The van der Waals surface area contributed by atoms with Crippen molar-refractivity contribution in [3.05, 3.63) is 28.8 Å². The van der Waals surface area contributed by atoms with Crippen LogP contribution in [0.1, 0.15) is 84.9 Å². The number of nitrogens with zero attached hydrogens (tertiary/aromatic N) is 4. The van der Waals surface area contributed by atoms with E-state index in [1.165, 1.54) is 0 Å². The number of hydrogen-bond donors (Lipinski definition) is 3. The molecule has 0 spiro atoms. The van der Waals surface area contributed by atoms with Gasteiger partial charge in [0.2, 0.25) is 5.95 Å². The fraction of sp³-hybridized carbons (Fsp3) is 0.690. The zero-order chi connectivity index (χ0) is 28.3. The van der Waals surface area contributed by atoms with Crippen molar-refractivity contribution in [3.63, 3.8) is 0 Å². The first kappa shape index (κ1) is 29.9. The Morgan fingerprint density at radius 2 is 1.63 bits per heavy atom. The summed E-state index contributed by atoms with van der Waals surface area (Å²) in [4.78, 5) is 15.6. The van der Waals surface area contributed by atoms with Crippen molar-refractivity contribution in [2.45, 2.75) is 104 Å². The van der Waals surface area contributed by atoms with Gasteiger partial charge in [0.25, 0.3) is 0 Å². The lowest BCUT2D eigenvalue weighted by Gasteiger charge is -2.54. The van der Waals surface area contributed by atoms with Gasteiger partial charge in [-0.2, -0.15) is 9.97 Å². The van der Waals surface area contributed by atoms with Crippen molar-refractivity contribution in [2.24, 2.45) is 0 Å². The topological polar surface area (TPSA) is 113 Å². The van der Waals surface area contributed by atoms with Crippen molar-refractivity contribution in [2.75, 3.05) is 31.6 Å². The highest BCUT2D eigenvalue weighted by molar-refractivity contribution is 5.45. The summed E-state index contributed by atoms with van der Waals surface area (Å²) in [5.41, 5.74) is 2.70. The van der Waals surface area contributed by atoms with E-state index in [9.17, 15) is 10.2 Å². The molecule has 212 valence electrons. The third-order valence-electron chi connectivity index (χ3n) is 7.29. The summed E-state index contributed by atoms with van der Waals surface area (Å²) >= 11 is 0. The molecule has 1 aliphatic rings. The maximum atomic E-state index is 10.4. The molecule has 1 aromatic carbocycles. The van der Waals surface area contributed by atoms with Crippen LogP contribution in [0.2, 0.25) is 0 Å². The van der Waals surface area contributed by atoms with E-state index in [0.717, 1.165) is 36.0 Å². The number of anilines is 1. The molecule has 0 radical (unpaired) electrons. The summed E-state index contributed by atoms with van der Waals surface area (Å²) in [6.07, 6.45) is 1.89. The number of benzene rings is 1. The largest absolute Gasteiger partial charge is 0.508 e. The van der Waals surface area contributed by atoms with Gasteiger partial charge in [-0.15, -0.1) is 4.98 Å². The zero-order valence-electron chi connectivity index (χ0n) is 24.7. The molecule has 1 aliphatic heterocycles. The molecule has 1 aromatic heterocycles. The van der Waals surface area contributed by atoms with E-state index in [-0.39, 0.29) is 34.6 Å². The van der Waals surface area contributed by atoms with E-state index < -0.39 is 0 Å². The Bertz CT molecular complexity index is 1080. The average Bonchev–Trinajstić information content (AvgIpc) is 2.75. The van der Waals surface area contributed by atoms with E-state index in [2.05, 4.69) is 79.7 Å². The highest BCUT2D eigenvalue weighted by atomic mass is 16.5. The second-order valence-corrected chi connectivity index (χ2v) is 12.6. The molecule has 0 bridgehead atoms. The first-order valence-corrected chi connectivity index (χ1v) is 13.7. The lowest BCUT2D eigenvalue weighted by molar-refractivity contribution is -0.0849. The minimum Gasteiger partial charge on any atom is -0.508 e. The number of phenols is 1. The Hall–Kier alpha value is -2.65. The van der Waals surface area contributed by atoms with Crippen LogP contribution < -0.4 is 14.8 Å². The second-order valence-electron chi connectivity index (χ2n) is 12.6. The predicted molar refractivity (Wildman–Crippen MR) is 150 cm³/mol. The van der Waals surface area contributed by atoms with Gasteiger partial charge in [0.15, 0.2) is 0 Å². The Labute approximate surface area is 228 Å². The van der Waals surface area contributed by atoms with Crippen molar-refractivity contribution in [1.82, 2.24) is 19.9 Å². The van der Waals surface area contributed by atoms with E-state index in [1.807, 2.05) is 19.9 Å². The molecule has 0 unspecified atom stereocenters. The number of hydrogen-bond acceptors (Lipinski definition) is 9. The van der Waals surface area contributed by atoms with Crippen molar-refractivity contribution < 1.29 is 19.7 Å². The van der Waals surface area contributed by atoms with Gasteiger partial charge in [-0.25, -0.2) is 0 Å². The van der Waals surface area contributed by atoms with Crippen molar-refractivity contribution >= 4 is 5.95 Å². The lowest BCUT2D eigenvalue weighted by atomic mass is 9.78. The summed E-state index contributed by atoms with van der Waals surface area (Å²) in [5.74, 6) is 0.729. The van der Waals surface area contributed by atoms with Crippen LogP contribution in [-0.4, -0.2) is 73.5 Å². The number of aryl methyl sites for hydroxylation is 1. The minimum absolute atomic E-state index is 0.147. The molecule has 2 aromatic rings. The fourth-order valence-corrected chi connectivity index (χ4v) is 5.69. The van der Waals surface area contributed by atoms with Crippen LogP contribution in [0.25, 0.3) is 0 Å². The quantitative estimate of drug-likeness (QED) is 0.405. The third kappa shape index (κ3) is 7.47. The Kier molecular flexibility index (Phi) is 9.14. The molecule has 0 atom stereocenters. The standard InChI is InChI=1S/C29H47N5O4/c1-10-37-25-31-24(30-12-11-20-16-22(27(3,4)5)23(36)15-19(20)2)32-26(33-25)38-14-13-34-28(6,7)17-21(35)18-29(34,8)9/h15-16,21,35-36H,10-14,17-18H2,1-9H3,(H,30,31,32,33). The molecule has 0 aliphatic carbocycles. The summed E-state index contributed by atoms with van der Waals surface area (Å²) in [6.45, 7) is 20.9. The Balaban J connectivity index is 1.67. The third-order valence-corrected chi connectivity index (χ3v) is 7.29. The number of aliphatic hydroxyl groups excluding tert-OH is 1. The summed E-state index contributed by atoms with van der Waals surface area (Å²) in [7, 11) is 0. The van der Waals surface area contributed by atoms with Crippen LogP contribution >= 0.6 is 0 Å². The summed E-state index contributed by atoms with van der Waals surface area (Å²) < 4.78 is 11.5. The summed E-state index contributed by atoms with van der Waals surface area (Å²) in [6, 6.07) is 4.36. The first-order chi connectivity index (χ1) is 17.6. The highest BCUT2D eigenvalue weighted by Gasteiger charge is 2.44. The molecular weight excluding hydrogens is 482 g/mol. The van der Waals surface area contributed by atoms with Crippen LogP contribution in [-0.2, 0) is 11.8 Å². The van der Waals surface area contributed by atoms with Gasteiger partial charge in [-0.05, 0) is 89.0 Å². The van der Waals surface area contributed by atoms with Gasteiger partial charge in [0.1, 0.15) is 12.4 Å². The molecule has 3 rings (SSSR count). The van der Waals surface area contributed by atoms with E-state index in [0.29, 0.717) is 38.0 Å². The Morgan fingerprint density at radius 3 is 2.21 bits per heavy atom. The zero-order valence-corrected chi connectivity index (χ0v) is 24.7. The van der Waals surface area contributed by atoms with Crippen LogP contribution in [0, 0.1) is 6.92 Å². The number of phenolic OH excluding ortho intramolecular Hbond substituents is 1. The molecule has 2 heterocycles. The normalized spacial score (nSPS) is 17.8. The maximum Gasteiger partial charge on any atom is 0.324 e. The number of rotatable bonds is 10. The van der Waals surface area contributed by atoms with Gasteiger partial charge >= 0.3 is 12.0 Å². The molecule has 0 saturated carbocycles. The van der Waals surface area contributed by atoms with Crippen LogP contribution in [0.4, 0.5) is 5.95 Å². The van der Waals surface area contributed by atoms with E-state index >= 15 is 0 Å². The molecule has 1 saturated heterocycles. The number of aromatic nitrogens is 3. The predicted octanol–water partition coefficient (Wildman–Crippen LogP) is 4.63. The highest BCUT2D eigenvalue weighted by Crippen LogP contribution is 2.38. The summed E-state index contributed by atoms with van der Waals surface area (Å²) in [5, 5.41) is 24.0. The van der Waals surface area contributed by atoms with Gasteiger partial charge in [-0.3, -0.25) is 4.90 Å². The first-order valence-electron chi connectivity index (χ1n) is 13.7. The number of nitrogens with one attached hydrogen (secondary N) is 1. The molecule has 9 heteroatoms. The molecular formula is C29H47N5O4. The van der Waals surface area contributed by atoms with Crippen LogP contribution in [0.3, 0.4) is 0 Å². The SMILES string of the molecule is CCOc1nc(NCCc2cc(C(C)(C)C)c(O)cc2C)nc(OCCN2C(C)(C)CC(O)CC2(C)C)n1. The molecule has 3 N–H and O–H groups in total. The molecule has 38 heavy (non-hydrogen) atoms. The average molecular weight is 530 g/mol. The van der Waals surface area contributed by atoms with Gasteiger partial charge in [-0.1, -0.05) is 26.8 Å². The number of aromatic hydroxyl groups is 1. The second kappa shape index (κ2) is 11.6. The molecule has 0 amide bonds. The van der Waals surface area contributed by atoms with Crippen LogP contribution in [0.5, 0.6) is 17.8 Å².